The smallest absolute Gasteiger partial charge is 0.171 e. The van der Waals surface area contributed by atoms with Crippen LogP contribution in [0.25, 0.3) is 16.4 Å². The molecule has 0 aliphatic heterocycles. The SMILES string of the molecule is C=Nc1cc(-c2ccc(C=O)cc2F)oc1C(=C)Cl.CN(C)C. The maximum atomic E-state index is 13.8. The van der Waals surface area contributed by atoms with Crippen LogP contribution in [0.3, 0.4) is 0 Å². The van der Waals surface area contributed by atoms with E-state index in [-0.39, 0.29) is 27.7 Å². The van der Waals surface area contributed by atoms with Crippen LogP contribution < -0.4 is 0 Å². The molecule has 1 aromatic carbocycles. The molecule has 0 N–H and O–H groups in total. The van der Waals surface area contributed by atoms with Crippen molar-refractivity contribution in [3.63, 3.8) is 0 Å². The van der Waals surface area contributed by atoms with Gasteiger partial charge in [-0.25, -0.2) is 4.39 Å². The summed E-state index contributed by atoms with van der Waals surface area (Å²) >= 11 is 5.76. The molecule has 23 heavy (non-hydrogen) atoms. The molecular formula is C17H18ClFN2O2. The molecule has 0 saturated carbocycles. The monoisotopic (exact) mass is 336 g/mol. The minimum Gasteiger partial charge on any atom is -0.453 e. The summed E-state index contributed by atoms with van der Waals surface area (Å²) in [7, 11) is 6.00. The van der Waals surface area contributed by atoms with Crippen LogP contribution in [-0.2, 0) is 0 Å². The summed E-state index contributed by atoms with van der Waals surface area (Å²) in [5.74, 6) is -0.0830. The highest BCUT2D eigenvalue weighted by Crippen LogP contribution is 2.36. The van der Waals surface area contributed by atoms with Gasteiger partial charge in [0.05, 0.1) is 10.6 Å². The number of halogens is 2. The van der Waals surface area contributed by atoms with Crippen LogP contribution in [0.4, 0.5) is 10.1 Å². The fourth-order valence-corrected chi connectivity index (χ4v) is 1.77. The predicted octanol–water partition coefficient (Wildman–Crippen LogP) is 4.62. The number of hydrogen-bond acceptors (Lipinski definition) is 4. The number of nitrogens with zero attached hydrogens (tertiary/aromatic N) is 2. The summed E-state index contributed by atoms with van der Waals surface area (Å²) in [6.45, 7) is 6.92. The first kappa shape index (κ1) is 18.8. The van der Waals surface area contributed by atoms with Crippen LogP contribution in [0.5, 0.6) is 0 Å². The Balaban J connectivity index is 0.000000593. The van der Waals surface area contributed by atoms with Gasteiger partial charge in [-0.05, 0) is 40.0 Å². The van der Waals surface area contributed by atoms with Gasteiger partial charge in [0.15, 0.2) is 5.76 Å². The van der Waals surface area contributed by atoms with E-state index in [1.54, 1.807) is 0 Å². The Kier molecular flexibility index (Phi) is 6.88. The zero-order chi connectivity index (χ0) is 17.6. The second kappa shape index (κ2) is 8.41. The molecule has 0 atom stereocenters. The minimum atomic E-state index is -0.569. The third-order valence-corrected chi connectivity index (χ3v) is 2.70. The summed E-state index contributed by atoms with van der Waals surface area (Å²) in [5.41, 5.74) is 0.838. The maximum absolute atomic E-state index is 13.8. The van der Waals surface area contributed by atoms with Crippen molar-refractivity contribution in [2.24, 2.45) is 4.99 Å². The Hall–Kier alpha value is -2.24. The summed E-state index contributed by atoms with van der Waals surface area (Å²) in [5, 5.41) is 0.151. The first-order chi connectivity index (χ1) is 10.8. The largest absolute Gasteiger partial charge is 0.453 e. The lowest BCUT2D eigenvalue weighted by Gasteiger charge is -2.00. The van der Waals surface area contributed by atoms with Crippen molar-refractivity contribution in [1.82, 2.24) is 4.90 Å². The standard InChI is InChI=1S/C14H9ClFNO2.C3H9N/c1-8(15)14-12(17-2)6-13(19-14)10-4-3-9(7-18)5-11(10)16;1-4(2)3/h3-7H,1-2H2;1-3H3. The molecule has 0 spiro atoms. The molecule has 1 heterocycles. The average molecular weight is 337 g/mol. The van der Waals surface area contributed by atoms with Gasteiger partial charge in [-0.15, -0.1) is 0 Å². The average Bonchev–Trinajstić information content (AvgIpc) is 2.90. The van der Waals surface area contributed by atoms with E-state index in [0.29, 0.717) is 12.0 Å². The van der Waals surface area contributed by atoms with Crippen LogP contribution >= 0.6 is 11.6 Å². The molecular weight excluding hydrogens is 319 g/mol. The first-order valence-corrected chi connectivity index (χ1v) is 6.99. The first-order valence-electron chi connectivity index (χ1n) is 6.61. The van der Waals surface area contributed by atoms with Gasteiger partial charge < -0.3 is 9.32 Å². The molecule has 6 heteroatoms. The van der Waals surface area contributed by atoms with Crippen molar-refractivity contribution in [3.8, 4) is 11.3 Å². The normalized spacial score (nSPS) is 10.0. The van der Waals surface area contributed by atoms with Gasteiger partial charge in [0.25, 0.3) is 0 Å². The molecule has 2 aromatic rings. The van der Waals surface area contributed by atoms with Gasteiger partial charge in [-0.2, -0.15) is 0 Å². The molecule has 0 bridgehead atoms. The number of aldehydes is 1. The van der Waals surface area contributed by atoms with Crippen molar-refractivity contribution >= 4 is 35.3 Å². The topological polar surface area (TPSA) is 45.8 Å². The van der Waals surface area contributed by atoms with E-state index in [2.05, 4.69) is 18.3 Å². The lowest BCUT2D eigenvalue weighted by atomic mass is 10.1. The number of carbonyl (C=O) groups excluding carboxylic acids is 1. The molecule has 0 fully saturated rings. The summed E-state index contributed by atoms with van der Waals surface area (Å²) in [6, 6.07) is 5.58. The second-order valence-corrected chi connectivity index (χ2v) is 5.54. The molecule has 122 valence electrons. The van der Waals surface area contributed by atoms with Crippen molar-refractivity contribution in [1.29, 1.82) is 0 Å². The highest BCUT2D eigenvalue weighted by Gasteiger charge is 2.16. The van der Waals surface area contributed by atoms with Gasteiger partial charge >= 0.3 is 0 Å². The predicted molar refractivity (Wildman–Crippen MR) is 93.2 cm³/mol. The summed E-state index contributed by atoms with van der Waals surface area (Å²) in [4.78, 5) is 16.3. The van der Waals surface area contributed by atoms with E-state index < -0.39 is 5.82 Å². The highest BCUT2D eigenvalue weighted by molar-refractivity contribution is 6.48. The van der Waals surface area contributed by atoms with Gasteiger partial charge in [0, 0.05) is 11.6 Å². The van der Waals surface area contributed by atoms with Crippen LogP contribution in [-0.4, -0.2) is 39.0 Å². The molecule has 1 aromatic heterocycles. The molecule has 4 nitrogen and oxygen atoms in total. The van der Waals surface area contributed by atoms with Crippen molar-refractivity contribution < 1.29 is 13.6 Å². The van der Waals surface area contributed by atoms with Gasteiger partial charge in [0.1, 0.15) is 23.6 Å². The number of carbonyl (C=O) groups is 1. The van der Waals surface area contributed by atoms with Crippen LogP contribution in [0, 0.1) is 5.82 Å². The number of rotatable bonds is 4. The fraction of sp³-hybridized carbons (Fsp3) is 0.176. The molecule has 0 aliphatic rings. The number of benzene rings is 1. The Morgan fingerprint density at radius 1 is 1.35 bits per heavy atom. The van der Waals surface area contributed by atoms with E-state index in [1.807, 2.05) is 26.0 Å². The zero-order valence-corrected chi connectivity index (χ0v) is 14.0. The molecule has 0 saturated heterocycles. The lowest BCUT2D eigenvalue weighted by molar-refractivity contribution is 0.112. The van der Waals surface area contributed by atoms with Crippen molar-refractivity contribution in [3.05, 3.63) is 48.0 Å². The molecule has 0 amide bonds. The van der Waals surface area contributed by atoms with E-state index in [1.165, 1.54) is 18.2 Å². The Bertz CT molecular complexity index is 721. The quantitative estimate of drug-likeness (QED) is 0.604. The second-order valence-electron chi connectivity index (χ2n) is 5.09. The maximum Gasteiger partial charge on any atom is 0.171 e. The highest BCUT2D eigenvalue weighted by atomic mass is 35.5. The Morgan fingerprint density at radius 2 is 1.96 bits per heavy atom. The third kappa shape index (κ3) is 5.16. The van der Waals surface area contributed by atoms with E-state index in [4.69, 9.17) is 16.0 Å². The van der Waals surface area contributed by atoms with Crippen LogP contribution in [0.1, 0.15) is 16.1 Å². The fourth-order valence-electron chi connectivity index (χ4n) is 1.63. The van der Waals surface area contributed by atoms with Crippen molar-refractivity contribution in [2.75, 3.05) is 21.1 Å². The number of hydrogen-bond donors (Lipinski definition) is 0. The summed E-state index contributed by atoms with van der Waals surface area (Å²) < 4.78 is 19.3. The third-order valence-electron chi connectivity index (χ3n) is 2.52. The molecule has 0 radical (unpaired) electrons. The van der Waals surface area contributed by atoms with Gasteiger partial charge in [-0.1, -0.05) is 24.2 Å². The molecule has 0 unspecified atom stereocenters. The molecule has 0 aliphatic carbocycles. The van der Waals surface area contributed by atoms with Gasteiger partial charge in [0.2, 0.25) is 0 Å². The van der Waals surface area contributed by atoms with E-state index >= 15 is 0 Å². The zero-order valence-electron chi connectivity index (χ0n) is 13.3. The van der Waals surface area contributed by atoms with Crippen LogP contribution in [0.15, 0.2) is 40.3 Å². The Labute approximate surface area is 139 Å². The van der Waals surface area contributed by atoms with Crippen molar-refractivity contribution in [2.45, 2.75) is 0 Å². The van der Waals surface area contributed by atoms with E-state index in [0.717, 1.165) is 6.07 Å². The summed E-state index contributed by atoms with van der Waals surface area (Å²) in [6.07, 6.45) is 0.567. The van der Waals surface area contributed by atoms with Gasteiger partial charge in [-0.3, -0.25) is 9.79 Å². The lowest BCUT2D eigenvalue weighted by Crippen LogP contribution is -1.99. The Morgan fingerprint density at radius 3 is 2.35 bits per heavy atom. The number of furan rings is 1. The molecule has 2 rings (SSSR count). The minimum absolute atomic E-state index is 0.151. The van der Waals surface area contributed by atoms with E-state index in [9.17, 15) is 9.18 Å². The van der Waals surface area contributed by atoms with Crippen LogP contribution in [0.2, 0.25) is 0 Å². The number of aliphatic imine (C=N–C) groups is 1.